The summed E-state index contributed by atoms with van der Waals surface area (Å²) in [6, 6.07) is 0. The molecule has 154 valence electrons. The fraction of sp³-hybridized carbons (Fsp3) is 0.750. The zero-order valence-corrected chi connectivity index (χ0v) is 18.4. The van der Waals surface area contributed by atoms with Crippen molar-refractivity contribution < 1.29 is 14.3 Å². The Labute approximate surface area is 173 Å². The maximum atomic E-state index is 12.6. The van der Waals surface area contributed by atoms with Crippen LogP contribution in [0.15, 0.2) is 22.8 Å². The highest BCUT2D eigenvalue weighted by Gasteiger charge is 2.58. The number of Topliss-reactive ketones (excluding diaryl/α,β-unsaturated/α-hetero) is 1. The summed E-state index contributed by atoms with van der Waals surface area (Å²) in [4.78, 5) is 24.0. The number of fused-ring (bicyclic) bond motifs is 5. The molecule has 0 spiro atoms. The average molecular weight is 405 g/mol. The lowest BCUT2D eigenvalue weighted by Crippen LogP contribution is -2.50. The Kier molecular flexibility index (Phi) is 5.05. The number of carbonyl (C=O) groups excluding carboxylic acids is 2. The molecule has 0 N–H and O–H groups in total. The first kappa shape index (κ1) is 20.2. The average Bonchev–Trinajstić information content (AvgIpc) is 2.91. The van der Waals surface area contributed by atoms with Gasteiger partial charge in [0.25, 0.3) is 0 Å². The lowest BCUT2D eigenvalue weighted by atomic mass is 9.47. The Morgan fingerprint density at radius 2 is 1.86 bits per heavy atom. The molecule has 0 aromatic rings. The van der Waals surface area contributed by atoms with Gasteiger partial charge in [0.1, 0.15) is 6.10 Å². The number of rotatable bonds is 3. The van der Waals surface area contributed by atoms with E-state index in [1.807, 2.05) is 0 Å². The fourth-order valence-electron chi connectivity index (χ4n) is 7.51. The van der Waals surface area contributed by atoms with E-state index in [4.69, 9.17) is 16.3 Å². The van der Waals surface area contributed by atoms with Crippen LogP contribution < -0.4 is 0 Å². The van der Waals surface area contributed by atoms with Gasteiger partial charge in [-0.1, -0.05) is 31.1 Å². The molecular formula is C24H33ClO3. The van der Waals surface area contributed by atoms with Gasteiger partial charge in [-0.15, -0.1) is 11.6 Å². The molecule has 3 nitrogen and oxygen atoms in total. The largest absolute Gasteiger partial charge is 0.462 e. The summed E-state index contributed by atoms with van der Waals surface area (Å²) < 4.78 is 5.54. The lowest BCUT2D eigenvalue weighted by molar-refractivity contribution is -0.148. The molecule has 0 heterocycles. The van der Waals surface area contributed by atoms with Crippen LogP contribution in [0.4, 0.5) is 0 Å². The quantitative estimate of drug-likeness (QED) is 0.348. The van der Waals surface area contributed by atoms with Gasteiger partial charge in [-0.25, -0.2) is 0 Å². The molecule has 0 amide bonds. The molecule has 0 bridgehead atoms. The maximum absolute atomic E-state index is 12.6. The van der Waals surface area contributed by atoms with Crippen LogP contribution in [0.2, 0.25) is 0 Å². The van der Waals surface area contributed by atoms with Crippen molar-refractivity contribution >= 4 is 23.4 Å². The minimum Gasteiger partial charge on any atom is -0.462 e. The number of ether oxygens (including phenoxy) is 1. The number of halogens is 1. The van der Waals surface area contributed by atoms with Crippen LogP contribution in [0.5, 0.6) is 0 Å². The number of allylic oxidation sites excluding steroid dienone is 3. The first-order valence-corrected chi connectivity index (χ1v) is 11.4. The molecule has 2 fully saturated rings. The molecule has 0 radical (unpaired) electrons. The minimum atomic E-state index is -0.166. The third kappa shape index (κ3) is 2.91. The summed E-state index contributed by atoms with van der Waals surface area (Å²) in [6.45, 7) is 8.43. The van der Waals surface area contributed by atoms with E-state index in [2.05, 4.69) is 26.8 Å². The van der Waals surface area contributed by atoms with Crippen molar-refractivity contribution in [3.05, 3.63) is 22.8 Å². The second kappa shape index (κ2) is 7.00. The molecule has 4 rings (SSSR count). The molecule has 4 heteroatoms. The third-order valence-corrected chi connectivity index (χ3v) is 8.95. The molecule has 0 saturated heterocycles. The second-order valence-electron chi connectivity index (χ2n) is 10.1. The summed E-state index contributed by atoms with van der Waals surface area (Å²) in [5, 5.41) is 0. The molecule has 0 aromatic carbocycles. The zero-order chi connectivity index (χ0) is 20.3. The Bertz CT molecular complexity index is 766. The van der Waals surface area contributed by atoms with E-state index in [0.29, 0.717) is 17.8 Å². The van der Waals surface area contributed by atoms with Crippen molar-refractivity contribution in [3.8, 4) is 0 Å². The monoisotopic (exact) mass is 404 g/mol. The normalized spacial score (nSPS) is 42.2. The molecule has 4 aliphatic carbocycles. The number of alkyl halides is 1. The topological polar surface area (TPSA) is 43.4 Å². The highest BCUT2D eigenvalue weighted by atomic mass is 35.5. The van der Waals surface area contributed by atoms with Crippen LogP contribution in [-0.2, 0) is 14.3 Å². The first-order chi connectivity index (χ1) is 13.2. The highest BCUT2D eigenvalue weighted by molar-refractivity contribution is 6.30. The molecule has 1 unspecified atom stereocenters. The number of esters is 1. The predicted molar refractivity (Wildman–Crippen MR) is 111 cm³/mol. The highest BCUT2D eigenvalue weighted by Crippen LogP contribution is 2.66. The van der Waals surface area contributed by atoms with Gasteiger partial charge in [-0.05, 0) is 74.0 Å². The first-order valence-electron chi connectivity index (χ1n) is 10.9. The van der Waals surface area contributed by atoms with E-state index in [9.17, 15) is 9.59 Å². The van der Waals surface area contributed by atoms with Crippen LogP contribution in [0.1, 0.15) is 72.6 Å². The molecule has 6 atom stereocenters. The SMILES string of the molecule is CC(=O)OC1CC[C@@]2(C)C(=CC[C@@H]3[C@@H]2CC[C@]2(C)C(C(=O)CCl)=C(C)C[C@@H]32)C1. The zero-order valence-electron chi connectivity index (χ0n) is 17.6. The summed E-state index contributed by atoms with van der Waals surface area (Å²) in [5.41, 5.74) is 4.04. The van der Waals surface area contributed by atoms with Crippen molar-refractivity contribution in [3.63, 3.8) is 0 Å². The van der Waals surface area contributed by atoms with Crippen LogP contribution in [-0.4, -0.2) is 23.7 Å². The Hall–Kier alpha value is -1.09. The smallest absolute Gasteiger partial charge is 0.302 e. The van der Waals surface area contributed by atoms with Crippen molar-refractivity contribution in [1.82, 2.24) is 0 Å². The Balaban J connectivity index is 1.61. The Morgan fingerprint density at radius 1 is 1.14 bits per heavy atom. The van der Waals surface area contributed by atoms with E-state index < -0.39 is 0 Å². The van der Waals surface area contributed by atoms with E-state index >= 15 is 0 Å². The third-order valence-electron chi connectivity index (χ3n) is 8.71. The number of ketones is 1. The van der Waals surface area contributed by atoms with E-state index in [1.165, 1.54) is 24.5 Å². The molecule has 2 saturated carbocycles. The standard InChI is InChI=1S/C24H33ClO3/c1-14-11-20-18-6-5-16-12-17(28-15(2)26)7-9-23(16,3)19(18)8-10-24(20,4)22(14)21(27)13-25/h5,17-20H,6-13H2,1-4H3/t17?,18-,19+,20+,23+,24+/m1/s1. The van der Waals surface area contributed by atoms with E-state index in [0.717, 1.165) is 44.1 Å². The van der Waals surface area contributed by atoms with Crippen molar-refractivity contribution in [2.45, 2.75) is 78.7 Å². The van der Waals surface area contributed by atoms with Gasteiger partial charge in [-0.3, -0.25) is 9.59 Å². The van der Waals surface area contributed by atoms with Gasteiger partial charge in [0.2, 0.25) is 0 Å². The fourth-order valence-corrected chi connectivity index (χ4v) is 7.65. The predicted octanol–water partition coefficient (Wildman–Crippen LogP) is 5.62. The van der Waals surface area contributed by atoms with Crippen molar-refractivity contribution in [1.29, 1.82) is 0 Å². The van der Waals surface area contributed by atoms with Gasteiger partial charge in [-0.2, -0.15) is 0 Å². The number of hydrogen-bond donors (Lipinski definition) is 0. The van der Waals surface area contributed by atoms with Crippen LogP contribution in [0.25, 0.3) is 0 Å². The second-order valence-corrected chi connectivity index (χ2v) is 10.4. The summed E-state index contributed by atoms with van der Waals surface area (Å²) >= 11 is 5.96. The summed E-state index contributed by atoms with van der Waals surface area (Å²) in [7, 11) is 0. The van der Waals surface area contributed by atoms with Gasteiger partial charge in [0.15, 0.2) is 5.78 Å². The molecule has 0 aromatic heterocycles. The minimum absolute atomic E-state index is 0.00608. The van der Waals surface area contributed by atoms with Crippen LogP contribution in [0, 0.1) is 28.6 Å². The van der Waals surface area contributed by atoms with Crippen LogP contribution in [0.3, 0.4) is 0 Å². The molecule has 28 heavy (non-hydrogen) atoms. The lowest BCUT2D eigenvalue weighted by Gasteiger charge is -2.57. The van der Waals surface area contributed by atoms with E-state index in [1.54, 1.807) is 0 Å². The van der Waals surface area contributed by atoms with Gasteiger partial charge in [0, 0.05) is 18.9 Å². The maximum Gasteiger partial charge on any atom is 0.302 e. The summed E-state index contributed by atoms with van der Waals surface area (Å²) in [5.74, 6) is 1.93. The Morgan fingerprint density at radius 3 is 2.54 bits per heavy atom. The molecule has 0 aliphatic heterocycles. The molecular weight excluding hydrogens is 372 g/mol. The van der Waals surface area contributed by atoms with Crippen molar-refractivity contribution in [2.24, 2.45) is 28.6 Å². The number of hydrogen-bond acceptors (Lipinski definition) is 3. The van der Waals surface area contributed by atoms with Crippen LogP contribution >= 0.6 is 11.6 Å². The summed E-state index contributed by atoms with van der Waals surface area (Å²) in [6.07, 6.45) is 9.87. The van der Waals surface area contributed by atoms with Gasteiger partial charge >= 0.3 is 5.97 Å². The van der Waals surface area contributed by atoms with Gasteiger partial charge in [0.05, 0.1) is 5.88 Å². The van der Waals surface area contributed by atoms with Crippen molar-refractivity contribution in [2.75, 3.05) is 5.88 Å². The van der Waals surface area contributed by atoms with E-state index in [-0.39, 0.29) is 34.6 Å². The van der Waals surface area contributed by atoms with Gasteiger partial charge < -0.3 is 4.74 Å². The number of carbonyl (C=O) groups is 2. The molecule has 4 aliphatic rings.